The van der Waals surface area contributed by atoms with E-state index in [4.69, 9.17) is 15.2 Å². The summed E-state index contributed by atoms with van der Waals surface area (Å²) in [6.07, 6.45) is 11.5. The Morgan fingerprint density at radius 2 is 1.72 bits per heavy atom. The standard InChI is InChI=1S/C40H38F2N8O3.C6H8N2O2.C4H9N/c1-22-12-27(13-23(2)35(22)41)50-37(49-11-10-48(39(49)52)34-7-6-31(44-3)28(18-43)36(34)42)29-19-47(9-8-32(29)46-50)38(51)33-15-25-14-24(4-5-30(25)45-33)26-16-40(17-26)20-53-21-40;1-3-2-4(3)5-7-6(9)10-8-5;1-3-4-5-2/h4-7,10-15,18,26,43-45H,8-9,16-17,19-21H2,1-3H3;3-4H,2H2,1H3,(H,7,8,9);3-5H,1-2H3/b;;4-3+. The fourth-order valence-electron chi connectivity index (χ4n) is 9.66. The van der Waals surface area contributed by atoms with Crippen LogP contribution in [0.3, 0.4) is 0 Å². The summed E-state index contributed by atoms with van der Waals surface area (Å²) in [5.41, 5.74) is 5.60. The van der Waals surface area contributed by atoms with E-state index in [9.17, 15) is 18.8 Å². The predicted molar refractivity (Wildman–Crippen MR) is 255 cm³/mol. The van der Waals surface area contributed by atoms with E-state index in [1.807, 2.05) is 38.4 Å². The highest BCUT2D eigenvalue weighted by Crippen LogP contribution is 2.55. The summed E-state index contributed by atoms with van der Waals surface area (Å²) in [6, 6.07) is 14.7. The molecule has 0 radical (unpaired) electrons. The summed E-state index contributed by atoms with van der Waals surface area (Å²) in [6.45, 7) is 9.71. The number of imidazole rings is 1. The average molecular weight is 928 g/mol. The number of rotatable bonds is 9. The number of aromatic amines is 2. The Morgan fingerprint density at radius 1 is 0.985 bits per heavy atom. The second-order valence-electron chi connectivity index (χ2n) is 18.3. The molecule has 68 heavy (non-hydrogen) atoms. The number of nitrogens with zero attached hydrogens (tertiary/aromatic N) is 6. The zero-order chi connectivity index (χ0) is 48.0. The number of ether oxygens (including phenoxy) is 1. The minimum Gasteiger partial charge on any atom is -0.394 e. The number of aromatic nitrogens is 7. The Balaban J connectivity index is 0.000000328. The summed E-state index contributed by atoms with van der Waals surface area (Å²) in [4.78, 5) is 46.4. The van der Waals surface area contributed by atoms with Gasteiger partial charge in [-0.2, -0.15) is 5.10 Å². The fourth-order valence-corrected chi connectivity index (χ4v) is 9.66. The second kappa shape index (κ2) is 18.4. The molecule has 3 fully saturated rings. The van der Waals surface area contributed by atoms with Gasteiger partial charge in [0.15, 0.2) is 11.6 Å². The Hall–Kier alpha value is -7.34. The third kappa shape index (κ3) is 8.48. The van der Waals surface area contributed by atoms with Crippen molar-refractivity contribution in [2.75, 3.05) is 39.2 Å². The maximum atomic E-state index is 15.7. The van der Waals surface area contributed by atoms with Crippen LogP contribution in [0.1, 0.15) is 94.8 Å². The van der Waals surface area contributed by atoms with Gasteiger partial charge in [-0.25, -0.2) is 23.1 Å². The quantitative estimate of drug-likeness (QED) is 0.0909. The molecule has 1 amide bonds. The fraction of sp³-hybridized carbons (Fsp3) is 0.360. The molecule has 6 heterocycles. The topological polar surface area (TPSA) is 197 Å². The minimum absolute atomic E-state index is 0.0203. The first-order chi connectivity index (χ1) is 32.8. The minimum atomic E-state index is -0.723. The van der Waals surface area contributed by atoms with Crippen LogP contribution in [0.4, 0.5) is 14.5 Å². The highest BCUT2D eigenvalue weighted by Gasteiger charge is 2.50. The van der Waals surface area contributed by atoms with Crippen LogP contribution in [-0.4, -0.2) is 84.9 Å². The van der Waals surface area contributed by atoms with Gasteiger partial charge in [-0.15, -0.1) is 0 Å². The first-order valence-electron chi connectivity index (χ1n) is 22.8. The van der Waals surface area contributed by atoms with E-state index in [1.54, 1.807) is 48.7 Å². The molecule has 1 saturated heterocycles. The maximum absolute atomic E-state index is 15.7. The molecule has 354 valence electrons. The van der Waals surface area contributed by atoms with Crippen molar-refractivity contribution in [1.29, 1.82) is 5.41 Å². The second-order valence-corrected chi connectivity index (χ2v) is 18.3. The summed E-state index contributed by atoms with van der Waals surface area (Å²) in [7, 11) is 3.51. The van der Waals surface area contributed by atoms with Crippen LogP contribution in [-0.2, 0) is 17.7 Å². The van der Waals surface area contributed by atoms with E-state index in [0.717, 1.165) is 49.6 Å². The van der Waals surface area contributed by atoms with Gasteiger partial charge in [-0.05, 0) is 117 Å². The van der Waals surface area contributed by atoms with Crippen LogP contribution in [0.25, 0.3) is 28.1 Å². The smallest absolute Gasteiger partial charge is 0.394 e. The Bertz CT molecular complexity index is 3170. The molecule has 2 aliphatic carbocycles. The summed E-state index contributed by atoms with van der Waals surface area (Å²) in [5, 5.41) is 23.0. The van der Waals surface area contributed by atoms with Crippen LogP contribution in [0.5, 0.6) is 0 Å². The molecule has 4 aliphatic rings. The average Bonchev–Trinajstić information content (AvgIpc) is 3.71. The summed E-state index contributed by atoms with van der Waals surface area (Å²) in [5.74, 6) is 0.998. The van der Waals surface area contributed by atoms with Gasteiger partial charge in [-0.1, -0.05) is 24.2 Å². The first-order valence-corrected chi connectivity index (χ1v) is 22.8. The van der Waals surface area contributed by atoms with Crippen LogP contribution in [0.2, 0.25) is 0 Å². The summed E-state index contributed by atoms with van der Waals surface area (Å²) < 4.78 is 44.5. The van der Waals surface area contributed by atoms with Crippen LogP contribution < -0.4 is 22.1 Å². The van der Waals surface area contributed by atoms with Crippen LogP contribution >= 0.6 is 0 Å². The van der Waals surface area contributed by atoms with Crippen LogP contribution in [0.15, 0.2) is 87.3 Å². The number of allylic oxidation sites excluding steroid dienone is 1. The molecule has 0 bridgehead atoms. The van der Waals surface area contributed by atoms with Crippen molar-refractivity contribution in [3.05, 3.63) is 151 Å². The lowest BCUT2D eigenvalue weighted by Crippen LogP contribution is -2.51. The highest BCUT2D eigenvalue weighted by molar-refractivity contribution is 5.98. The molecule has 18 heteroatoms. The maximum Gasteiger partial charge on any atom is 0.438 e. The van der Waals surface area contributed by atoms with Gasteiger partial charge < -0.3 is 30.7 Å². The number of hydrogen-bond acceptors (Lipinski definition) is 10. The third-order valence-electron chi connectivity index (χ3n) is 13.6. The number of hydrogen-bond donors (Lipinski definition) is 5. The number of aryl methyl sites for hydroxylation is 2. The van der Waals surface area contributed by atoms with E-state index < -0.39 is 17.3 Å². The summed E-state index contributed by atoms with van der Waals surface area (Å²) >= 11 is 0. The predicted octanol–water partition coefficient (Wildman–Crippen LogP) is 7.55. The lowest BCUT2D eigenvalue weighted by molar-refractivity contribution is -0.164. The molecule has 2 saturated carbocycles. The van der Waals surface area contributed by atoms with Gasteiger partial charge in [0.2, 0.25) is 0 Å². The first kappa shape index (κ1) is 45.8. The van der Waals surface area contributed by atoms with E-state index >= 15 is 4.39 Å². The van der Waals surface area contributed by atoms with E-state index in [0.29, 0.717) is 87.2 Å². The number of H-pyrrole nitrogens is 2. The Labute approximate surface area is 390 Å². The van der Waals surface area contributed by atoms with Gasteiger partial charge in [-0.3, -0.25) is 23.4 Å². The monoisotopic (exact) mass is 927 g/mol. The number of carbonyl (C=O) groups excluding carboxylic acids is 1. The number of amides is 1. The van der Waals surface area contributed by atoms with Crippen molar-refractivity contribution in [2.24, 2.45) is 11.3 Å². The van der Waals surface area contributed by atoms with Crippen molar-refractivity contribution in [3.63, 3.8) is 0 Å². The highest BCUT2D eigenvalue weighted by atomic mass is 19.1. The molecular formula is C50H55F2N11O5. The van der Waals surface area contributed by atoms with E-state index in [-0.39, 0.29) is 29.5 Å². The molecule has 2 aliphatic heterocycles. The van der Waals surface area contributed by atoms with Crippen molar-refractivity contribution < 1.29 is 22.8 Å². The van der Waals surface area contributed by atoms with Gasteiger partial charge in [0.25, 0.3) is 5.91 Å². The zero-order valence-electron chi connectivity index (χ0n) is 38.9. The molecule has 16 nitrogen and oxygen atoms in total. The largest absolute Gasteiger partial charge is 0.438 e. The van der Waals surface area contributed by atoms with E-state index in [2.05, 4.69) is 49.3 Å². The number of anilines is 1. The Morgan fingerprint density at radius 3 is 2.32 bits per heavy atom. The van der Waals surface area contributed by atoms with Gasteiger partial charge in [0, 0.05) is 79.2 Å². The SMILES string of the molecule is C/C=C/NC.CC1CC1c1noc(=O)[nH]1.CNc1ccc(-n2ccn(-c3c4c(nn3-c3cc(C)c(F)c(C)c3)CCN(C(=O)c3cc5cc(C6CC7(COC7)C6)ccc5[nH]3)C4)c2=O)c(F)c1C=N. The lowest BCUT2D eigenvalue weighted by Gasteiger charge is -2.53. The van der Waals surface area contributed by atoms with Crippen molar-refractivity contribution in [2.45, 2.75) is 71.8 Å². The van der Waals surface area contributed by atoms with Crippen molar-refractivity contribution in [1.82, 2.24) is 44.3 Å². The molecule has 7 aromatic rings. The Kier molecular flexibility index (Phi) is 12.4. The third-order valence-corrected chi connectivity index (χ3v) is 13.6. The van der Waals surface area contributed by atoms with Gasteiger partial charge in [0.1, 0.15) is 17.3 Å². The number of carbonyl (C=O) groups is 1. The number of fused-ring (bicyclic) bond motifs is 2. The van der Waals surface area contributed by atoms with Crippen LogP contribution in [0, 0.1) is 42.2 Å². The van der Waals surface area contributed by atoms with E-state index in [1.165, 1.54) is 33.2 Å². The normalized spacial score (nSPS) is 18.0. The molecule has 5 N–H and O–H groups in total. The number of nitrogens with one attached hydrogen (secondary N) is 5. The van der Waals surface area contributed by atoms with Gasteiger partial charge >= 0.3 is 11.4 Å². The number of benzene rings is 3. The number of halogens is 2. The van der Waals surface area contributed by atoms with Crippen molar-refractivity contribution >= 4 is 28.7 Å². The molecule has 3 aromatic carbocycles. The van der Waals surface area contributed by atoms with Gasteiger partial charge in [0.05, 0.1) is 42.4 Å². The molecule has 1 spiro atoms. The molecule has 2 unspecified atom stereocenters. The molecule has 11 rings (SSSR count). The molecule has 2 atom stereocenters. The molecular weight excluding hydrogens is 873 g/mol. The lowest BCUT2D eigenvalue weighted by atomic mass is 9.59. The zero-order valence-corrected chi connectivity index (χ0v) is 38.9. The van der Waals surface area contributed by atoms with Crippen molar-refractivity contribution in [3.8, 4) is 17.2 Å². The molecule has 4 aromatic heterocycles.